The molecule has 624 valence electrons. The summed E-state index contributed by atoms with van der Waals surface area (Å²) in [6.45, 7) is 4.46. The van der Waals surface area contributed by atoms with E-state index in [4.69, 9.17) is 37.0 Å². The summed E-state index contributed by atoms with van der Waals surface area (Å²) in [4.78, 5) is 73.2. The molecule has 3 N–H and O–H groups in total. The molecule has 0 rings (SSSR count). The Labute approximate surface area is 666 Å². The van der Waals surface area contributed by atoms with Gasteiger partial charge in [0.1, 0.15) is 19.3 Å². The van der Waals surface area contributed by atoms with Crippen LogP contribution in [0.5, 0.6) is 0 Å². The normalized spacial score (nSPS) is 14.7. The molecular formula is C91H148O17P2. The van der Waals surface area contributed by atoms with Gasteiger partial charge in [0.15, 0.2) is 12.2 Å². The average Bonchev–Trinajstić information content (AvgIpc) is 0.905. The third kappa shape index (κ3) is 80.2. The fraction of sp³-hybridized carbons (Fsp3) is 0.626. The lowest BCUT2D eigenvalue weighted by Gasteiger charge is -2.21. The summed E-state index contributed by atoms with van der Waals surface area (Å²) in [7, 11) is -10.0. The maximum absolute atomic E-state index is 13.1. The van der Waals surface area contributed by atoms with Crippen molar-refractivity contribution in [2.75, 3.05) is 39.6 Å². The second kappa shape index (κ2) is 81.2. The van der Waals surface area contributed by atoms with E-state index in [0.29, 0.717) is 32.1 Å². The molecule has 0 aromatic heterocycles. The van der Waals surface area contributed by atoms with Crippen molar-refractivity contribution in [3.63, 3.8) is 0 Å². The molecule has 0 bridgehead atoms. The number of carbonyl (C=O) groups is 4. The molecular weight excluding hydrogens is 1430 g/mol. The van der Waals surface area contributed by atoms with Crippen LogP contribution in [0.15, 0.2) is 182 Å². The van der Waals surface area contributed by atoms with E-state index < -0.39 is 97.5 Å². The first kappa shape index (κ1) is 104. The average molecular weight is 1580 g/mol. The minimum atomic E-state index is -5.02. The quantitative estimate of drug-likeness (QED) is 0.0169. The molecule has 0 aliphatic heterocycles. The predicted molar refractivity (Wildman–Crippen MR) is 454 cm³/mol. The van der Waals surface area contributed by atoms with Crippen LogP contribution in [-0.2, 0) is 65.4 Å². The summed E-state index contributed by atoms with van der Waals surface area (Å²) in [6.07, 6.45) is 98.7. The van der Waals surface area contributed by atoms with E-state index in [0.717, 1.165) is 154 Å². The van der Waals surface area contributed by atoms with Crippen LogP contribution in [0.25, 0.3) is 0 Å². The van der Waals surface area contributed by atoms with E-state index >= 15 is 0 Å². The summed E-state index contributed by atoms with van der Waals surface area (Å²) in [5.41, 5.74) is 0. The zero-order chi connectivity index (χ0) is 80.3. The summed E-state index contributed by atoms with van der Waals surface area (Å²) < 4.78 is 68.6. The fourth-order valence-electron chi connectivity index (χ4n) is 10.5. The molecule has 0 saturated carbocycles. The summed E-state index contributed by atoms with van der Waals surface area (Å²) in [5, 5.41) is 10.7. The number of esters is 4. The number of hydrogen-bond donors (Lipinski definition) is 3. The van der Waals surface area contributed by atoms with E-state index in [1.165, 1.54) is 70.6 Å². The van der Waals surface area contributed by atoms with Crippen molar-refractivity contribution in [2.24, 2.45) is 0 Å². The van der Waals surface area contributed by atoms with Crippen molar-refractivity contribution in [3.05, 3.63) is 182 Å². The molecule has 0 heterocycles. The highest BCUT2D eigenvalue weighted by atomic mass is 31.2. The van der Waals surface area contributed by atoms with Crippen molar-refractivity contribution < 1.29 is 80.2 Å². The minimum absolute atomic E-state index is 0.0231. The molecule has 0 aromatic rings. The fourth-order valence-corrected chi connectivity index (χ4v) is 12.1. The number of phosphoric ester groups is 2. The molecule has 0 aliphatic carbocycles. The van der Waals surface area contributed by atoms with Crippen molar-refractivity contribution >= 4 is 39.5 Å². The lowest BCUT2D eigenvalue weighted by molar-refractivity contribution is -0.161. The molecule has 19 heteroatoms. The molecule has 110 heavy (non-hydrogen) atoms. The molecule has 0 aromatic carbocycles. The second-order valence-electron chi connectivity index (χ2n) is 27.3. The number of aliphatic hydroxyl groups is 1. The molecule has 0 fully saturated rings. The topological polar surface area (TPSA) is 237 Å². The number of hydrogen-bond acceptors (Lipinski definition) is 15. The van der Waals surface area contributed by atoms with Gasteiger partial charge in [0.05, 0.1) is 26.4 Å². The Balaban J connectivity index is 5.53. The molecule has 5 atom stereocenters. The number of ether oxygens (including phenoxy) is 4. The van der Waals surface area contributed by atoms with Crippen LogP contribution in [0, 0.1) is 0 Å². The molecule has 0 saturated heterocycles. The van der Waals surface area contributed by atoms with Gasteiger partial charge in [0, 0.05) is 25.7 Å². The van der Waals surface area contributed by atoms with Crippen molar-refractivity contribution in [3.8, 4) is 0 Å². The number of unbranched alkanes of at least 4 members (excludes halogenated alkanes) is 21. The SMILES string of the molecule is CC/C=C\C/C=C\C/C=C\C/C=C\C/C=C\CCCCCC(=O)O[C@H](COC(=O)CC/C=C\C/C=C\C/C=C\C/C=C\C/C=C\CCCCC)COP(=O)(O)OC[C@@H](O)COP(=O)(O)OC[C@@H](COC(=O)CCCCCCCCCCCCCCC)OC(=O)CCCCC/C=C\C/C=C\C/C=C\C/C=C\C/C=C\CC. The van der Waals surface area contributed by atoms with Gasteiger partial charge in [-0.05, 0) is 154 Å². The highest BCUT2D eigenvalue weighted by Gasteiger charge is 2.30. The Morgan fingerprint density at radius 2 is 0.491 bits per heavy atom. The van der Waals surface area contributed by atoms with Gasteiger partial charge in [-0.25, -0.2) is 9.13 Å². The molecule has 17 nitrogen and oxygen atoms in total. The Morgan fingerprint density at radius 3 is 0.800 bits per heavy atom. The monoisotopic (exact) mass is 1580 g/mol. The van der Waals surface area contributed by atoms with E-state index in [-0.39, 0.29) is 25.7 Å². The highest BCUT2D eigenvalue weighted by Crippen LogP contribution is 2.45. The first-order valence-corrected chi connectivity index (χ1v) is 45.0. The highest BCUT2D eigenvalue weighted by molar-refractivity contribution is 7.47. The summed E-state index contributed by atoms with van der Waals surface area (Å²) in [6, 6.07) is 0. The number of aliphatic hydroxyl groups excluding tert-OH is 1. The summed E-state index contributed by atoms with van der Waals surface area (Å²) >= 11 is 0. The molecule has 0 amide bonds. The Morgan fingerprint density at radius 1 is 0.264 bits per heavy atom. The van der Waals surface area contributed by atoms with Gasteiger partial charge < -0.3 is 33.8 Å². The summed E-state index contributed by atoms with van der Waals surface area (Å²) in [5.74, 6) is -2.35. The molecule has 0 aliphatic rings. The largest absolute Gasteiger partial charge is 0.472 e. The maximum atomic E-state index is 13.1. The Kier molecular flexibility index (Phi) is 76.9. The molecule has 2 unspecified atom stereocenters. The maximum Gasteiger partial charge on any atom is 0.472 e. The third-order valence-electron chi connectivity index (χ3n) is 16.9. The van der Waals surface area contributed by atoms with Gasteiger partial charge in [0.25, 0.3) is 0 Å². The standard InChI is InChI=1S/C91H148O17P2/c1-5-9-13-17-21-25-29-33-36-39-42-45-48-52-56-60-64-68-72-76-89(94)102-82-87(108-91(96)78-74-70-66-62-58-54-50-47-44-41-38-35-31-27-23-19-15-11-7-3)84-106-110(99,100)104-80-85(92)79-103-109(97,98)105-83-86(81-101-88(93)75-71-67-63-59-55-51-32-28-24-20-16-12-8-4)107-90(95)77-73-69-65-61-57-53-49-46-43-40-37-34-30-26-22-18-14-10-6-2/h10-11,14-15,21-23,25-27,33-38,42-47,52-54,56-58,64,68,85-87,92H,5-9,12-13,16-20,24,28-32,39-41,48-51,55,59-63,65-67,69-84H2,1-4H3,(H,97,98)(H,99,100)/b14-10-,15-11-,25-21-,26-22-,27-23-,36-33-,37-34-,38-35-,45-42-,46-43-,47-44-,56-52-,57-53-,58-54-,68-64-/t85-,86+,87+/m0/s1. The van der Waals surface area contributed by atoms with E-state index in [1.54, 1.807) is 0 Å². The third-order valence-corrected chi connectivity index (χ3v) is 18.8. The van der Waals surface area contributed by atoms with Crippen LogP contribution in [0.3, 0.4) is 0 Å². The van der Waals surface area contributed by atoms with Crippen LogP contribution in [0.1, 0.15) is 310 Å². The number of carbonyl (C=O) groups excluding carboxylic acids is 4. The number of rotatable bonds is 77. The molecule has 0 radical (unpaired) electrons. The van der Waals surface area contributed by atoms with Crippen molar-refractivity contribution in [1.82, 2.24) is 0 Å². The van der Waals surface area contributed by atoms with Crippen LogP contribution in [0.4, 0.5) is 0 Å². The smallest absolute Gasteiger partial charge is 0.462 e. The van der Waals surface area contributed by atoms with Gasteiger partial charge in [-0.15, -0.1) is 0 Å². The number of allylic oxidation sites excluding steroid dienone is 30. The lowest BCUT2D eigenvalue weighted by Crippen LogP contribution is -2.30. The van der Waals surface area contributed by atoms with Gasteiger partial charge >= 0.3 is 39.5 Å². The lowest BCUT2D eigenvalue weighted by atomic mass is 10.0. The van der Waals surface area contributed by atoms with Crippen LogP contribution in [-0.4, -0.2) is 96.7 Å². The minimum Gasteiger partial charge on any atom is -0.462 e. The van der Waals surface area contributed by atoms with E-state index in [2.05, 4.69) is 192 Å². The van der Waals surface area contributed by atoms with Crippen molar-refractivity contribution in [1.29, 1.82) is 0 Å². The Hall–Kier alpha value is -5.84. The van der Waals surface area contributed by atoms with Gasteiger partial charge in [-0.3, -0.25) is 37.3 Å². The van der Waals surface area contributed by atoms with Gasteiger partial charge in [-0.2, -0.15) is 0 Å². The van der Waals surface area contributed by atoms with E-state index in [9.17, 15) is 43.2 Å². The second-order valence-corrected chi connectivity index (χ2v) is 30.2. The Bertz CT molecular complexity index is 2800. The van der Waals surface area contributed by atoms with E-state index in [1.807, 2.05) is 18.2 Å². The predicted octanol–water partition coefficient (Wildman–Crippen LogP) is 25.1. The van der Waals surface area contributed by atoms with Crippen LogP contribution in [0.2, 0.25) is 0 Å². The molecule has 0 spiro atoms. The van der Waals surface area contributed by atoms with Gasteiger partial charge in [0.2, 0.25) is 0 Å². The zero-order valence-electron chi connectivity index (χ0n) is 68.4. The van der Waals surface area contributed by atoms with Gasteiger partial charge in [-0.1, -0.05) is 313 Å². The van der Waals surface area contributed by atoms with Crippen LogP contribution >= 0.6 is 15.6 Å². The zero-order valence-corrected chi connectivity index (χ0v) is 70.1. The van der Waals surface area contributed by atoms with Crippen molar-refractivity contribution in [2.45, 2.75) is 329 Å². The first-order chi connectivity index (χ1) is 53.7. The van der Waals surface area contributed by atoms with Crippen LogP contribution < -0.4 is 0 Å². The first-order valence-electron chi connectivity index (χ1n) is 42.0. The number of phosphoric acid groups is 2.